The summed E-state index contributed by atoms with van der Waals surface area (Å²) in [6.45, 7) is 6.67. The van der Waals surface area contributed by atoms with Crippen molar-refractivity contribution in [2.45, 2.75) is 39.3 Å². The van der Waals surface area contributed by atoms with E-state index in [1.165, 1.54) is 0 Å². The molecule has 0 radical (unpaired) electrons. The number of benzene rings is 1. The normalized spacial score (nSPS) is 17.2. The standard InChI is InChI=1S/C18H26N4O2/c1-3-22-16-7-5-4-6-15(16)20-18(22)21-10-8-14(9-11-21)17(24)19-12-13(2)23/h4-7,13-14,23H,3,8-12H2,1-2H3,(H,19,24)/t13-/m0/s1. The zero-order valence-corrected chi connectivity index (χ0v) is 14.4. The number of aryl methyl sites for hydroxylation is 1. The SMILES string of the molecule is CCn1c(N2CCC(C(=O)NC[C@H](C)O)CC2)nc2ccccc21. The van der Waals surface area contributed by atoms with Crippen molar-refractivity contribution >= 4 is 22.9 Å². The molecule has 2 heterocycles. The Balaban J connectivity index is 1.68. The van der Waals surface area contributed by atoms with Gasteiger partial charge in [0.1, 0.15) is 0 Å². The lowest BCUT2D eigenvalue weighted by Gasteiger charge is -2.32. The molecule has 0 saturated carbocycles. The van der Waals surface area contributed by atoms with Crippen LogP contribution < -0.4 is 10.2 Å². The molecule has 1 atom stereocenters. The molecule has 1 saturated heterocycles. The summed E-state index contributed by atoms with van der Waals surface area (Å²) in [6.07, 6.45) is 1.13. The highest BCUT2D eigenvalue weighted by atomic mass is 16.3. The van der Waals surface area contributed by atoms with Crippen molar-refractivity contribution in [1.82, 2.24) is 14.9 Å². The monoisotopic (exact) mass is 330 g/mol. The van der Waals surface area contributed by atoms with Gasteiger partial charge in [0.25, 0.3) is 0 Å². The minimum Gasteiger partial charge on any atom is -0.392 e. The largest absolute Gasteiger partial charge is 0.392 e. The Kier molecular flexibility index (Phi) is 5.04. The van der Waals surface area contributed by atoms with Crippen molar-refractivity contribution in [2.24, 2.45) is 5.92 Å². The molecular weight excluding hydrogens is 304 g/mol. The molecule has 6 heteroatoms. The number of para-hydroxylation sites is 2. The third-order valence-electron chi connectivity index (χ3n) is 4.67. The van der Waals surface area contributed by atoms with Crippen LogP contribution in [0.15, 0.2) is 24.3 Å². The Labute approximate surface area is 142 Å². The fraction of sp³-hybridized carbons (Fsp3) is 0.556. The van der Waals surface area contributed by atoms with Crippen LogP contribution >= 0.6 is 0 Å². The van der Waals surface area contributed by atoms with Crippen LogP contribution in [0.5, 0.6) is 0 Å². The van der Waals surface area contributed by atoms with Crippen molar-refractivity contribution in [3.05, 3.63) is 24.3 Å². The summed E-state index contributed by atoms with van der Waals surface area (Å²) in [5.74, 6) is 1.08. The Bertz CT molecular complexity index is 702. The number of imidazole rings is 1. The molecule has 0 unspecified atom stereocenters. The number of nitrogens with zero attached hydrogens (tertiary/aromatic N) is 3. The summed E-state index contributed by atoms with van der Waals surface area (Å²) in [7, 11) is 0. The predicted molar refractivity (Wildman–Crippen MR) is 95.0 cm³/mol. The molecular formula is C18H26N4O2. The number of piperidine rings is 1. The zero-order valence-electron chi connectivity index (χ0n) is 14.4. The van der Waals surface area contributed by atoms with Crippen LogP contribution in [0, 0.1) is 5.92 Å². The van der Waals surface area contributed by atoms with E-state index in [1.54, 1.807) is 6.92 Å². The molecule has 1 amide bonds. The van der Waals surface area contributed by atoms with Crippen LogP contribution in [0.1, 0.15) is 26.7 Å². The van der Waals surface area contributed by atoms with E-state index < -0.39 is 6.10 Å². The average Bonchev–Trinajstić information content (AvgIpc) is 2.98. The molecule has 0 bridgehead atoms. The second kappa shape index (κ2) is 7.21. The van der Waals surface area contributed by atoms with Crippen LogP contribution in [-0.4, -0.2) is 46.3 Å². The van der Waals surface area contributed by atoms with Crippen LogP contribution in [0.25, 0.3) is 11.0 Å². The van der Waals surface area contributed by atoms with Gasteiger partial charge < -0.3 is 19.9 Å². The first kappa shape index (κ1) is 16.8. The zero-order chi connectivity index (χ0) is 17.1. The maximum atomic E-state index is 12.1. The number of nitrogens with one attached hydrogen (secondary N) is 1. The van der Waals surface area contributed by atoms with E-state index >= 15 is 0 Å². The van der Waals surface area contributed by atoms with E-state index in [-0.39, 0.29) is 11.8 Å². The summed E-state index contributed by atoms with van der Waals surface area (Å²) in [5, 5.41) is 12.1. The minimum atomic E-state index is -0.501. The Morgan fingerprint density at radius 1 is 1.38 bits per heavy atom. The number of fused-ring (bicyclic) bond motifs is 1. The topological polar surface area (TPSA) is 70.4 Å². The highest BCUT2D eigenvalue weighted by Gasteiger charge is 2.27. The van der Waals surface area contributed by atoms with Crippen LogP contribution in [0.2, 0.25) is 0 Å². The fourth-order valence-corrected chi connectivity index (χ4v) is 3.35. The van der Waals surface area contributed by atoms with Gasteiger partial charge in [-0.3, -0.25) is 4.79 Å². The lowest BCUT2D eigenvalue weighted by Crippen LogP contribution is -2.42. The van der Waals surface area contributed by atoms with Gasteiger partial charge in [0.15, 0.2) is 0 Å². The van der Waals surface area contributed by atoms with Gasteiger partial charge in [-0.05, 0) is 38.8 Å². The molecule has 0 aliphatic carbocycles. The van der Waals surface area contributed by atoms with E-state index in [0.29, 0.717) is 6.54 Å². The van der Waals surface area contributed by atoms with Gasteiger partial charge in [0, 0.05) is 32.1 Å². The smallest absolute Gasteiger partial charge is 0.223 e. The second-order valence-electron chi connectivity index (χ2n) is 6.50. The van der Waals surface area contributed by atoms with Crippen LogP contribution in [-0.2, 0) is 11.3 Å². The lowest BCUT2D eigenvalue weighted by atomic mass is 9.96. The molecule has 1 fully saturated rings. The summed E-state index contributed by atoms with van der Waals surface area (Å²) in [5.41, 5.74) is 2.18. The highest BCUT2D eigenvalue weighted by Crippen LogP contribution is 2.26. The number of aliphatic hydroxyl groups excluding tert-OH is 1. The molecule has 3 rings (SSSR count). The quantitative estimate of drug-likeness (QED) is 0.876. The summed E-state index contributed by atoms with van der Waals surface area (Å²) in [6, 6.07) is 8.20. The van der Waals surface area contributed by atoms with E-state index in [9.17, 15) is 9.90 Å². The minimum absolute atomic E-state index is 0.0273. The molecule has 1 aliphatic heterocycles. The van der Waals surface area contributed by atoms with Crippen molar-refractivity contribution in [2.75, 3.05) is 24.5 Å². The lowest BCUT2D eigenvalue weighted by molar-refractivity contribution is -0.126. The third-order valence-corrected chi connectivity index (χ3v) is 4.67. The number of aliphatic hydroxyl groups is 1. The molecule has 2 aromatic rings. The van der Waals surface area contributed by atoms with Gasteiger partial charge in [-0.25, -0.2) is 4.98 Å². The number of carbonyl (C=O) groups excluding carboxylic acids is 1. The number of carbonyl (C=O) groups is 1. The molecule has 1 aliphatic rings. The molecule has 1 aromatic carbocycles. The first-order chi connectivity index (χ1) is 11.6. The number of hydrogen-bond donors (Lipinski definition) is 2. The molecule has 6 nitrogen and oxygen atoms in total. The Hall–Kier alpha value is -2.08. The van der Waals surface area contributed by atoms with Crippen molar-refractivity contribution < 1.29 is 9.90 Å². The van der Waals surface area contributed by atoms with Crippen molar-refractivity contribution in [3.8, 4) is 0 Å². The van der Waals surface area contributed by atoms with Gasteiger partial charge in [0.2, 0.25) is 11.9 Å². The Morgan fingerprint density at radius 3 is 2.75 bits per heavy atom. The molecule has 0 spiro atoms. The van der Waals surface area contributed by atoms with E-state index in [2.05, 4.69) is 27.8 Å². The summed E-state index contributed by atoms with van der Waals surface area (Å²) < 4.78 is 2.24. The molecule has 1 aromatic heterocycles. The third kappa shape index (κ3) is 3.38. The van der Waals surface area contributed by atoms with Gasteiger partial charge in [-0.15, -0.1) is 0 Å². The van der Waals surface area contributed by atoms with E-state index in [1.807, 2.05) is 18.2 Å². The van der Waals surface area contributed by atoms with E-state index in [0.717, 1.165) is 49.5 Å². The molecule has 2 N–H and O–H groups in total. The molecule has 24 heavy (non-hydrogen) atoms. The van der Waals surface area contributed by atoms with Gasteiger partial charge in [-0.2, -0.15) is 0 Å². The first-order valence-electron chi connectivity index (χ1n) is 8.76. The average molecular weight is 330 g/mol. The second-order valence-corrected chi connectivity index (χ2v) is 6.50. The Morgan fingerprint density at radius 2 is 2.08 bits per heavy atom. The van der Waals surface area contributed by atoms with Crippen LogP contribution in [0.3, 0.4) is 0 Å². The van der Waals surface area contributed by atoms with Gasteiger partial charge in [-0.1, -0.05) is 12.1 Å². The van der Waals surface area contributed by atoms with Crippen LogP contribution in [0.4, 0.5) is 5.95 Å². The number of aromatic nitrogens is 2. The van der Waals surface area contributed by atoms with Crippen molar-refractivity contribution in [1.29, 1.82) is 0 Å². The number of anilines is 1. The van der Waals surface area contributed by atoms with Gasteiger partial charge in [0.05, 0.1) is 17.1 Å². The summed E-state index contributed by atoms with van der Waals surface area (Å²) in [4.78, 5) is 19.2. The maximum Gasteiger partial charge on any atom is 0.223 e. The maximum absolute atomic E-state index is 12.1. The van der Waals surface area contributed by atoms with E-state index in [4.69, 9.17) is 4.98 Å². The van der Waals surface area contributed by atoms with Crippen molar-refractivity contribution in [3.63, 3.8) is 0 Å². The number of rotatable bonds is 5. The summed E-state index contributed by atoms with van der Waals surface area (Å²) >= 11 is 0. The molecule has 130 valence electrons. The predicted octanol–water partition coefficient (Wildman–Crippen LogP) is 1.77. The number of amides is 1. The first-order valence-corrected chi connectivity index (χ1v) is 8.76. The fourth-order valence-electron chi connectivity index (χ4n) is 3.35. The highest BCUT2D eigenvalue weighted by molar-refractivity contribution is 5.80. The van der Waals surface area contributed by atoms with Gasteiger partial charge >= 0.3 is 0 Å². The number of hydrogen-bond acceptors (Lipinski definition) is 4.